The molecule has 5 heteroatoms. The fourth-order valence-corrected chi connectivity index (χ4v) is 2.05. The molecule has 2 aromatic heterocycles. The molecule has 18 heavy (non-hydrogen) atoms. The smallest absolute Gasteiger partial charge is 0.231 e. The van der Waals surface area contributed by atoms with Gasteiger partial charge in [-0.1, -0.05) is 23.7 Å². The van der Waals surface area contributed by atoms with E-state index in [1.54, 1.807) is 13.4 Å². The van der Waals surface area contributed by atoms with Gasteiger partial charge in [-0.15, -0.1) is 0 Å². The summed E-state index contributed by atoms with van der Waals surface area (Å²) in [6, 6.07) is 7.64. The van der Waals surface area contributed by atoms with Crippen LogP contribution in [0.15, 0.2) is 41.3 Å². The van der Waals surface area contributed by atoms with Crippen LogP contribution in [0.5, 0.6) is 5.75 Å². The van der Waals surface area contributed by atoms with E-state index in [0.29, 0.717) is 10.9 Å². The van der Waals surface area contributed by atoms with Gasteiger partial charge >= 0.3 is 0 Å². The van der Waals surface area contributed by atoms with E-state index in [1.807, 2.05) is 24.3 Å². The summed E-state index contributed by atoms with van der Waals surface area (Å²) in [7, 11) is 1.63. The van der Waals surface area contributed by atoms with Gasteiger partial charge in [0.15, 0.2) is 0 Å². The van der Waals surface area contributed by atoms with Crippen LogP contribution in [-0.2, 0) is 0 Å². The van der Waals surface area contributed by atoms with Crippen molar-refractivity contribution in [1.82, 2.24) is 9.97 Å². The summed E-state index contributed by atoms with van der Waals surface area (Å²) < 4.78 is 10.5. The lowest BCUT2D eigenvalue weighted by atomic mass is 10.1. The van der Waals surface area contributed by atoms with E-state index in [1.165, 1.54) is 6.33 Å². The first kappa shape index (κ1) is 11.0. The number of halogens is 1. The maximum atomic E-state index is 6.08. The number of rotatable bonds is 2. The number of methoxy groups -OCH3 is 1. The van der Waals surface area contributed by atoms with Gasteiger partial charge in [0.1, 0.15) is 23.5 Å². The molecule has 0 amide bonds. The van der Waals surface area contributed by atoms with Crippen LogP contribution in [-0.4, -0.2) is 17.1 Å². The lowest BCUT2D eigenvalue weighted by Crippen LogP contribution is -1.84. The van der Waals surface area contributed by atoms with Crippen molar-refractivity contribution in [2.24, 2.45) is 0 Å². The van der Waals surface area contributed by atoms with Crippen LogP contribution in [0.4, 0.5) is 0 Å². The van der Waals surface area contributed by atoms with E-state index in [2.05, 4.69) is 9.97 Å². The number of ether oxygens (including phenoxy) is 1. The first-order chi connectivity index (χ1) is 8.79. The predicted octanol–water partition coefficient (Wildman–Crippen LogP) is 3.55. The summed E-state index contributed by atoms with van der Waals surface area (Å²) in [5, 5.41) is 1.11. The van der Waals surface area contributed by atoms with Crippen LogP contribution >= 0.6 is 11.6 Å². The number of furan rings is 1. The lowest BCUT2D eigenvalue weighted by molar-refractivity contribution is 0.415. The van der Waals surface area contributed by atoms with E-state index in [4.69, 9.17) is 20.8 Å². The molecule has 0 saturated heterocycles. The maximum Gasteiger partial charge on any atom is 0.231 e. The second kappa shape index (κ2) is 4.31. The third-order valence-electron chi connectivity index (χ3n) is 2.72. The summed E-state index contributed by atoms with van der Waals surface area (Å²) in [6.45, 7) is 0. The fraction of sp³-hybridized carbons (Fsp3) is 0.0769. The van der Waals surface area contributed by atoms with E-state index in [-0.39, 0.29) is 0 Å². The van der Waals surface area contributed by atoms with Crippen LogP contribution in [0.1, 0.15) is 0 Å². The van der Waals surface area contributed by atoms with Crippen LogP contribution in [0.3, 0.4) is 0 Å². The molecule has 0 spiro atoms. The minimum Gasteiger partial charge on any atom is -0.497 e. The molecule has 0 bridgehead atoms. The third-order valence-corrected chi connectivity index (χ3v) is 3.01. The zero-order valence-electron chi connectivity index (χ0n) is 9.55. The lowest BCUT2D eigenvalue weighted by Gasteiger charge is -2.02. The van der Waals surface area contributed by atoms with Gasteiger partial charge in [-0.05, 0) is 17.7 Å². The molecule has 0 aliphatic heterocycles. The second-order valence-corrected chi connectivity index (χ2v) is 4.08. The minimum absolute atomic E-state index is 0.388. The predicted molar refractivity (Wildman–Crippen MR) is 68.8 cm³/mol. The Morgan fingerprint density at radius 3 is 2.67 bits per heavy atom. The van der Waals surface area contributed by atoms with E-state index >= 15 is 0 Å². The molecule has 90 valence electrons. The first-order valence-corrected chi connectivity index (χ1v) is 5.69. The Labute approximate surface area is 108 Å². The zero-order valence-corrected chi connectivity index (χ0v) is 10.3. The van der Waals surface area contributed by atoms with Crippen LogP contribution < -0.4 is 4.74 Å². The summed E-state index contributed by atoms with van der Waals surface area (Å²) in [6.07, 6.45) is 3.01. The van der Waals surface area contributed by atoms with Gasteiger partial charge in [0.2, 0.25) is 5.71 Å². The van der Waals surface area contributed by atoms with Gasteiger partial charge in [-0.25, -0.2) is 9.97 Å². The van der Waals surface area contributed by atoms with E-state index < -0.39 is 0 Å². The number of nitrogens with zero attached hydrogens (tertiary/aromatic N) is 2. The Kier molecular flexibility index (Phi) is 2.64. The van der Waals surface area contributed by atoms with Gasteiger partial charge in [0, 0.05) is 5.56 Å². The number of benzene rings is 1. The van der Waals surface area contributed by atoms with Crippen molar-refractivity contribution in [3.63, 3.8) is 0 Å². The molecule has 1 aromatic carbocycles. The van der Waals surface area contributed by atoms with E-state index in [9.17, 15) is 0 Å². The number of aromatic nitrogens is 2. The Morgan fingerprint density at radius 1 is 1.17 bits per heavy atom. The Hall–Kier alpha value is -2.07. The van der Waals surface area contributed by atoms with Gasteiger partial charge in [-0.3, -0.25) is 0 Å². The zero-order chi connectivity index (χ0) is 12.5. The highest BCUT2D eigenvalue weighted by molar-refractivity contribution is 6.35. The standard InChI is InChI=1S/C13H9ClN2O2/c1-17-9-4-2-8(3-5-9)10-6-18-13-11(10)12(14)15-7-16-13/h2-7H,1H3. The molecule has 0 aliphatic rings. The highest BCUT2D eigenvalue weighted by atomic mass is 35.5. The molecule has 0 N–H and O–H groups in total. The van der Waals surface area contributed by atoms with Gasteiger partial charge in [0.25, 0.3) is 0 Å². The first-order valence-electron chi connectivity index (χ1n) is 5.31. The summed E-state index contributed by atoms with van der Waals surface area (Å²) in [5.74, 6) is 0.800. The van der Waals surface area contributed by atoms with Crippen molar-refractivity contribution in [2.45, 2.75) is 0 Å². The highest BCUT2D eigenvalue weighted by Gasteiger charge is 2.13. The van der Waals surface area contributed by atoms with Crippen molar-refractivity contribution < 1.29 is 9.15 Å². The summed E-state index contributed by atoms with van der Waals surface area (Å²) >= 11 is 6.08. The molecule has 0 unspecified atom stereocenters. The van der Waals surface area contributed by atoms with Crippen molar-refractivity contribution in [3.8, 4) is 16.9 Å². The van der Waals surface area contributed by atoms with Crippen molar-refractivity contribution in [2.75, 3.05) is 7.11 Å². The molecule has 4 nitrogen and oxygen atoms in total. The molecule has 0 saturated carbocycles. The van der Waals surface area contributed by atoms with Crippen molar-refractivity contribution >= 4 is 22.7 Å². The average molecular weight is 261 g/mol. The molecule has 2 heterocycles. The summed E-state index contributed by atoms with van der Waals surface area (Å²) in [5.41, 5.74) is 2.34. The SMILES string of the molecule is COc1ccc(-c2coc3ncnc(Cl)c23)cc1. The largest absolute Gasteiger partial charge is 0.497 e. The Bertz CT molecular complexity index is 692. The Morgan fingerprint density at radius 2 is 1.94 bits per heavy atom. The molecule has 0 radical (unpaired) electrons. The normalized spacial score (nSPS) is 10.8. The van der Waals surface area contributed by atoms with Crippen molar-refractivity contribution in [3.05, 3.63) is 42.0 Å². The monoisotopic (exact) mass is 260 g/mol. The molecule has 3 rings (SSSR count). The number of hydrogen-bond donors (Lipinski definition) is 0. The highest BCUT2D eigenvalue weighted by Crippen LogP contribution is 2.33. The van der Waals surface area contributed by atoms with Gasteiger partial charge in [-0.2, -0.15) is 0 Å². The number of hydrogen-bond acceptors (Lipinski definition) is 4. The van der Waals surface area contributed by atoms with Crippen LogP contribution in [0.2, 0.25) is 5.15 Å². The van der Waals surface area contributed by atoms with Crippen LogP contribution in [0, 0.1) is 0 Å². The average Bonchev–Trinajstić information content (AvgIpc) is 2.84. The molecule has 3 aromatic rings. The fourth-order valence-electron chi connectivity index (χ4n) is 1.82. The summed E-state index contributed by atoms with van der Waals surface area (Å²) in [4.78, 5) is 8.00. The second-order valence-electron chi connectivity index (χ2n) is 3.72. The number of fused-ring (bicyclic) bond motifs is 1. The minimum atomic E-state index is 0.388. The molecular formula is C13H9ClN2O2. The quantitative estimate of drug-likeness (QED) is 0.661. The van der Waals surface area contributed by atoms with Crippen molar-refractivity contribution in [1.29, 1.82) is 0 Å². The molecular weight excluding hydrogens is 252 g/mol. The van der Waals surface area contributed by atoms with Crippen LogP contribution in [0.25, 0.3) is 22.2 Å². The van der Waals surface area contributed by atoms with Gasteiger partial charge < -0.3 is 9.15 Å². The van der Waals surface area contributed by atoms with Gasteiger partial charge in [0.05, 0.1) is 12.5 Å². The molecule has 0 aliphatic carbocycles. The molecule has 0 atom stereocenters. The molecule has 0 fully saturated rings. The Balaban J connectivity index is 2.18. The maximum absolute atomic E-state index is 6.08. The third kappa shape index (κ3) is 1.71. The van der Waals surface area contributed by atoms with E-state index in [0.717, 1.165) is 22.3 Å². The topological polar surface area (TPSA) is 48.2 Å².